The number of aromatic nitrogens is 2. The molecule has 1 saturated heterocycles. The number of ether oxygens (including phenoxy) is 1. The lowest BCUT2D eigenvalue weighted by molar-refractivity contribution is 0.0240. The van der Waals surface area contributed by atoms with Crippen molar-refractivity contribution in [1.29, 1.82) is 0 Å². The molecule has 2 aliphatic rings. The first-order valence-electron chi connectivity index (χ1n) is 9.30. The minimum atomic E-state index is 0.582. The van der Waals surface area contributed by atoms with Gasteiger partial charge in [-0.1, -0.05) is 0 Å². The van der Waals surface area contributed by atoms with Gasteiger partial charge in [0, 0.05) is 57.2 Å². The van der Waals surface area contributed by atoms with Gasteiger partial charge in [-0.15, -0.1) is 0 Å². The predicted molar refractivity (Wildman–Crippen MR) is 95.0 cm³/mol. The first kappa shape index (κ1) is 16.8. The molecule has 2 aromatic heterocycles. The van der Waals surface area contributed by atoms with Crippen molar-refractivity contribution in [3.63, 3.8) is 0 Å². The van der Waals surface area contributed by atoms with Crippen LogP contribution >= 0.6 is 0 Å². The first-order valence-corrected chi connectivity index (χ1v) is 9.30. The van der Waals surface area contributed by atoms with Crippen molar-refractivity contribution in [1.82, 2.24) is 19.4 Å². The molecule has 0 amide bonds. The number of imidazole rings is 1. The van der Waals surface area contributed by atoms with E-state index in [4.69, 9.17) is 9.15 Å². The minimum absolute atomic E-state index is 0.582. The molecule has 0 saturated carbocycles. The summed E-state index contributed by atoms with van der Waals surface area (Å²) in [6.07, 6.45) is 8.08. The van der Waals surface area contributed by atoms with E-state index in [1.807, 2.05) is 18.3 Å². The molecule has 1 atom stereocenters. The SMILES string of the molecule is CN(Cc1ccco1)CC1CN(C2CCOCC2)Cc2nccn2C1. The predicted octanol–water partition coefficient (Wildman–Crippen LogP) is 2.22. The number of fused-ring (bicyclic) bond motifs is 1. The molecule has 0 radical (unpaired) electrons. The third-order valence-electron chi connectivity index (χ3n) is 5.38. The minimum Gasteiger partial charge on any atom is -0.468 e. The second-order valence-corrected chi connectivity index (χ2v) is 7.41. The Kier molecular flexibility index (Phi) is 5.20. The molecule has 1 fully saturated rings. The van der Waals surface area contributed by atoms with Gasteiger partial charge < -0.3 is 13.7 Å². The molecule has 6 nitrogen and oxygen atoms in total. The van der Waals surface area contributed by atoms with E-state index in [1.54, 1.807) is 6.26 Å². The molecule has 1 unspecified atom stereocenters. The van der Waals surface area contributed by atoms with Gasteiger partial charge in [0.1, 0.15) is 11.6 Å². The maximum atomic E-state index is 5.56. The second-order valence-electron chi connectivity index (χ2n) is 7.41. The zero-order valence-corrected chi connectivity index (χ0v) is 15.0. The van der Waals surface area contributed by atoms with Gasteiger partial charge in [-0.25, -0.2) is 4.98 Å². The van der Waals surface area contributed by atoms with Gasteiger partial charge in [0.25, 0.3) is 0 Å². The highest BCUT2D eigenvalue weighted by atomic mass is 16.5. The number of furan rings is 1. The van der Waals surface area contributed by atoms with Crippen LogP contribution in [0.2, 0.25) is 0 Å². The van der Waals surface area contributed by atoms with E-state index in [2.05, 4.69) is 32.6 Å². The van der Waals surface area contributed by atoms with Crippen molar-refractivity contribution >= 4 is 0 Å². The summed E-state index contributed by atoms with van der Waals surface area (Å²) in [5.74, 6) is 2.81. The largest absolute Gasteiger partial charge is 0.468 e. The van der Waals surface area contributed by atoms with Crippen LogP contribution in [0.25, 0.3) is 0 Å². The van der Waals surface area contributed by atoms with E-state index in [0.29, 0.717) is 12.0 Å². The summed E-state index contributed by atoms with van der Waals surface area (Å²) in [7, 11) is 2.18. The summed E-state index contributed by atoms with van der Waals surface area (Å²) < 4.78 is 13.4. The number of hydrogen-bond acceptors (Lipinski definition) is 5. The highest BCUT2D eigenvalue weighted by Gasteiger charge is 2.29. The van der Waals surface area contributed by atoms with Crippen molar-refractivity contribution < 1.29 is 9.15 Å². The Balaban J connectivity index is 1.44. The number of rotatable bonds is 5. The fourth-order valence-corrected chi connectivity index (χ4v) is 4.19. The molecule has 0 N–H and O–H groups in total. The van der Waals surface area contributed by atoms with Crippen molar-refractivity contribution in [2.75, 3.05) is 33.4 Å². The lowest BCUT2D eigenvalue weighted by atomic mass is 10.0. The molecule has 136 valence electrons. The van der Waals surface area contributed by atoms with Crippen LogP contribution in [0.1, 0.15) is 24.4 Å². The standard InChI is InChI=1S/C19H28N4O2/c1-21(14-18-3-2-8-25-18)11-16-12-22-7-6-20-19(22)15-23(13-16)17-4-9-24-10-5-17/h2-3,6-8,16-17H,4-5,9-15H2,1H3. The molecular weight excluding hydrogens is 316 g/mol. The average molecular weight is 344 g/mol. The molecule has 25 heavy (non-hydrogen) atoms. The molecular formula is C19H28N4O2. The Hall–Kier alpha value is -1.63. The van der Waals surface area contributed by atoms with Crippen LogP contribution in [0, 0.1) is 5.92 Å². The van der Waals surface area contributed by atoms with Crippen LogP contribution in [-0.2, 0) is 24.4 Å². The van der Waals surface area contributed by atoms with Gasteiger partial charge in [0.05, 0.1) is 19.4 Å². The van der Waals surface area contributed by atoms with Gasteiger partial charge in [0.2, 0.25) is 0 Å². The molecule has 4 heterocycles. The Labute approximate surface area is 149 Å². The molecule has 0 aromatic carbocycles. The van der Waals surface area contributed by atoms with Crippen molar-refractivity contribution in [2.24, 2.45) is 5.92 Å². The fourth-order valence-electron chi connectivity index (χ4n) is 4.19. The molecule has 0 aliphatic carbocycles. The van der Waals surface area contributed by atoms with E-state index in [-0.39, 0.29) is 0 Å². The third-order valence-corrected chi connectivity index (χ3v) is 5.38. The van der Waals surface area contributed by atoms with E-state index < -0.39 is 0 Å². The Morgan fingerprint density at radius 3 is 2.96 bits per heavy atom. The topological polar surface area (TPSA) is 46.7 Å². The van der Waals surface area contributed by atoms with E-state index in [9.17, 15) is 0 Å². The molecule has 2 aliphatic heterocycles. The summed E-state index contributed by atoms with van der Waals surface area (Å²) in [6, 6.07) is 4.63. The van der Waals surface area contributed by atoms with Gasteiger partial charge >= 0.3 is 0 Å². The zero-order valence-electron chi connectivity index (χ0n) is 15.0. The highest BCUT2D eigenvalue weighted by molar-refractivity contribution is 4.99. The third kappa shape index (κ3) is 4.14. The maximum Gasteiger partial charge on any atom is 0.122 e. The average Bonchev–Trinajstić information content (AvgIpc) is 3.24. The van der Waals surface area contributed by atoms with Crippen LogP contribution in [0.3, 0.4) is 0 Å². The van der Waals surface area contributed by atoms with Gasteiger partial charge in [-0.05, 0) is 32.0 Å². The van der Waals surface area contributed by atoms with Crippen molar-refractivity contribution in [3.05, 3.63) is 42.4 Å². The van der Waals surface area contributed by atoms with E-state index in [0.717, 1.165) is 64.5 Å². The summed E-state index contributed by atoms with van der Waals surface area (Å²) in [5.41, 5.74) is 0. The fraction of sp³-hybridized carbons (Fsp3) is 0.632. The van der Waals surface area contributed by atoms with Crippen LogP contribution in [0.15, 0.2) is 35.2 Å². The second kappa shape index (κ2) is 7.72. The molecule has 0 bridgehead atoms. The summed E-state index contributed by atoms with van der Waals surface area (Å²) in [5, 5.41) is 0. The van der Waals surface area contributed by atoms with Gasteiger partial charge in [-0.2, -0.15) is 0 Å². The lowest BCUT2D eigenvalue weighted by Gasteiger charge is -2.35. The van der Waals surface area contributed by atoms with Gasteiger partial charge in [-0.3, -0.25) is 9.80 Å². The van der Waals surface area contributed by atoms with Crippen molar-refractivity contribution in [3.8, 4) is 0 Å². The molecule has 0 spiro atoms. The van der Waals surface area contributed by atoms with Crippen LogP contribution in [0.5, 0.6) is 0 Å². The maximum absolute atomic E-state index is 5.56. The van der Waals surface area contributed by atoms with E-state index in [1.165, 1.54) is 5.82 Å². The lowest BCUT2D eigenvalue weighted by Crippen LogP contribution is -2.42. The quantitative estimate of drug-likeness (QED) is 0.832. The van der Waals surface area contributed by atoms with Crippen LogP contribution < -0.4 is 0 Å². The highest BCUT2D eigenvalue weighted by Crippen LogP contribution is 2.23. The number of hydrogen-bond donors (Lipinski definition) is 0. The van der Waals surface area contributed by atoms with Crippen LogP contribution in [-0.4, -0.2) is 58.7 Å². The normalized spacial score (nSPS) is 22.9. The molecule has 4 rings (SSSR count). The molecule has 6 heteroatoms. The monoisotopic (exact) mass is 344 g/mol. The zero-order chi connectivity index (χ0) is 17.1. The Morgan fingerprint density at radius 2 is 2.16 bits per heavy atom. The summed E-state index contributed by atoms with van der Waals surface area (Å²) in [6.45, 7) is 6.80. The van der Waals surface area contributed by atoms with E-state index >= 15 is 0 Å². The number of nitrogens with zero attached hydrogens (tertiary/aromatic N) is 4. The molecule has 2 aromatic rings. The first-order chi connectivity index (χ1) is 12.3. The van der Waals surface area contributed by atoms with Crippen molar-refractivity contribution in [2.45, 2.75) is 38.5 Å². The van der Waals surface area contributed by atoms with Gasteiger partial charge in [0.15, 0.2) is 0 Å². The van der Waals surface area contributed by atoms with Crippen LogP contribution in [0.4, 0.5) is 0 Å². The smallest absolute Gasteiger partial charge is 0.122 e. The summed E-state index contributed by atoms with van der Waals surface area (Å²) >= 11 is 0. The Morgan fingerprint density at radius 1 is 1.28 bits per heavy atom. The summed E-state index contributed by atoms with van der Waals surface area (Å²) in [4.78, 5) is 9.60. The Bertz CT molecular complexity index is 648.